The third-order valence-corrected chi connectivity index (χ3v) is 3.50. The Morgan fingerprint density at radius 1 is 1.28 bits per heavy atom. The highest BCUT2D eigenvalue weighted by atomic mass is 35.5. The molecule has 2 rings (SSSR count). The number of unbranched alkanes of at least 4 members (excludes halogenated alkanes) is 1. The summed E-state index contributed by atoms with van der Waals surface area (Å²) in [7, 11) is 0. The van der Waals surface area contributed by atoms with Crippen LogP contribution in [0.3, 0.4) is 0 Å². The predicted octanol–water partition coefficient (Wildman–Crippen LogP) is 4.01. The molecule has 0 spiro atoms. The molecule has 5 heteroatoms. The van der Waals surface area contributed by atoms with Crippen molar-refractivity contribution in [3.8, 4) is 0 Å². The summed E-state index contributed by atoms with van der Waals surface area (Å²) in [5.74, 6) is -0.773. The summed E-state index contributed by atoms with van der Waals surface area (Å²) in [6.45, 7) is 1.12. The van der Waals surface area contributed by atoms with Crippen molar-refractivity contribution in [3.63, 3.8) is 0 Å². The van der Waals surface area contributed by atoms with E-state index >= 15 is 0 Å². The molecule has 98 valence electrons. The van der Waals surface area contributed by atoms with Crippen molar-refractivity contribution < 1.29 is 9.47 Å². The lowest BCUT2D eigenvalue weighted by Gasteiger charge is -2.28. The van der Waals surface area contributed by atoms with E-state index in [-0.39, 0.29) is 0 Å². The first-order chi connectivity index (χ1) is 8.68. The van der Waals surface area contributed by atoms with Crippen molar-refractivity contribution in [3.05, 3.63) is 33.8 Å². The normalized spacial score (nSPS) is 17.9. The second-order valence-electron chi connectivity index (χ2n) is 4.17. The van der Waals surface area contributed by atoms with Crippen LogP contribution in [-0.2, 0) is 15.3 Å². The Kier molecular flexibility index (Phi) is 4.62. The van der Waals surface area contributed by atoms with Crippen LogP contribution in [0.2, 0.25) is 10.0 Å². The molecule has 1 aromatic rings. The quantitative estimate of drug-likeness (QED) is 0.657. The molecule has 0 saturated carbocycles. The molecule has 0 atom stereocenters. The lowest BCUT2D eigenvalue weighted by molar-refractivity contribution is -0.171. The van der Waals surface area contributed by atoms with E-state index in [1.807, 2.05) is 6.07 Å². The zero-order valence-corrected chi connectivity index (χ0v) is 11.4. The Bertz CT molecular complexity index is 431. The molecule has 0 radical (unpaired) electrons. The first-order valence-corrected chi connectivity index (χ1v) is 6.66. The Morgan fingerprint density at radius 2 is 2.00 bits per heavy atom. The molecular weight excluding hydrogens is 273 g/mol. The van der Waals surface area contributed by atoms with E-state index in [4.69, 9.17) is 38.1 Å². The number of benzene rings is 1. The van der Waals surface area contributed by atoms with Gasteiger partial charge in [0.05, 0.1) is 18.2 Å². The highest BCUT2D eigenvalue weighted by Gasteiger charge is 2.39. The summed E-state index contributed by atoms with van der Waals surface area (Å²) in [5.41, 5.74) is 0.816. The van der Waals surface area contributed by atoms with Crippen LogP contribution in [0.15, 0.2) is 18.2 Å². The topological polar surface area (TPSA) is 42.3 Å². The SMILES string of the molecule is N=CCCCC1(c2ccc(Cl)cc2Cl)OCCO1. The van der Waals surface area contributed by atoms with Gasteiger partial charge in [0.1, 0.15) is 0 Å². The molecule has 1 N–H and O–H groups in total. The van der Waals surface area contributed by atoms with E-state index < -0.39 is 5.79 Å². The van der Waals surface area contributed by atoms with E-state index in [0.29, 0.717) is 36.1 Å². The molecule has 0 aromatic heterocycles. The first-order valence-electron chi connectivity index (χ1n) is 5.90. The molecule has 0 amide bonds. The minimum absolute atomic E-state index is 0.555. The molecule has 1 fully saturated rings. The molecular formula is C13H15Cl2NO2. The fraction of sp³-hybridized carbons (Fsp3) is 0.462. The van der Waals surface area contributed by atoms with Gasteiger partial charge in [0, 0.05) is 17.0 Å². The number of nitrogens with one attached hydrogen (secondary N) is 1. The number of hydrogen-bond acceptors (Lipinski definition) is 3. The third-order valence-electron chi connectivity index (χ3n) is 2.95. The Balaban J connectivity index is 2.25. The van der Waals surface area contributed by atoms with Crippen molar-refractivity contribution in [2.45, 2.75) is 25.0 Å². The fourth-order valence-corrected chi connectivity index (χ4v) is 2.68. The maximum atomic E-state index is 7.07. The number of halogens is 2. The highest BCUT2D eigenvalue weighted by molar-refractivity contribution is 6.35. The van der Waals surface area contributed by atoms with Crippen LogP contribution < -0.4 is 0 Å². The lowest BCUT2D eigenvalue weighted by Crippen LogP contribution is -2.27. The summed E-state index contributed by atoms with van der Waals surface area (Å²) < 4.78 is 11.5. The maximum absolute atomic E-state index is 7.07. The Morgan fingerprint density at radius 3 is 2.61 bits per heavy atom. The van der Waals surface area contributed by atoms with Gasteiger partial charge in [-0.25, -0.2) is 0 Å². The molecule has 1 aliphatic rings. The van der Waals surface area contributed by atoms with Crippen LogP contribution in [-0.4, -0.2) is 19.4 Å². The Labute approximate surface area is 116 Å². The van der Waals surface area contributed by atoms with E-state index in [2.05, 4.69) is 0 Å². The van der Waals surface area contributed by atoms with Crippen LogP contribution in [0.5, 0.6) is 0 Å². The summed E-state index contributed by atoms with van der Waals surface area (Å²) in [6, 6.07) is 5.33. The van der Waals surface area contributed by atoms with Crippen molar-refractivity contribution in [1.82, 2.24) is 0 Å². The number of hydrogen-bond donors (Lipinski definition) is 1. The zero-order chi connectivity index (χ0) is 13.0. The number of rotatable bonds is 5. The molecule has 1 aliphatic heterocycles. The molecule has 0 aliphatic carbocycles. The van der Waals surface area contributed by atoms with Crippen LogP contribution in [0.4, 0.5) is 0 Å². The van der Waals surface area contributed by atoms with Gasteiger partial charge >= 0.3 is 0 Å². The largest absolute Gasteiger partial charge is 0.343 e. The van der Waals surface area contributed by atoms with Gasteiger partial charge in [-0.3, -0.25) is 0 Å². The van der Waals surface area contributed by atoms with Gasteiger partial charge in [0.2, 0.25) is 0 Å². The van der Waals surface area contributed by atoms with E-state index in [9.17, 15) is 0 Å². The second kappa shape index (κ2) is 6.02. The van der Waals surface area contributed by atoms with Gasteiger partial charge < -0.3 is 14.9 Å². The average molecular weight is 288 g/mol. The van der Waals surface area contributed by atoms with Gasteiger partial charge in [0.15, 0.2) is 5.79 Å². The molecule has 0 bridgehead atoms. The molecule has 1 aromatic carbocycles. The van der Waals surface area contributed by atoms with Gasteiger partial charge in [-0.2, -0.15) is 0 Å². The zero-order valence-electron chi connectivity index (χ0n) is 9.92. The van der Waals surface area contributed by atoms with E-state index in [1.54, 1.807) is 12.1 Å². The molecule has 18 heavy (non-hydrogen) atoms. The second-order valence-corrected chi connectivity index (χ2v) is 5.01. The highest BCUT2D eigenvalue weighted by Crippen LogP contribution is 2.40. The minimum atomic E-state index is -0.773. The minimum Gasteiger partial charge on any atom is -0.343 e. The lowest BCUT2D eigenvalue weighted by atomic mass is 9.99. The summed E-state index contributed by atoms with van der Waals surface area (Å²) in [4.78, 5) is 0. The summed E-state index contributed by atoms with van der Waals surface area (Å²) in [6.07, 6.45) is 3.61. The predicted molar refractivity (Wildman–Crippen MR) is 72.7 cm³/mol. The van der Waals surface area contributed by atoms with Crippen molar-refractivity contribution in [2.24, 2.45) is 0 Å². The van der Waals surface area contributed by atoms with Crippen LogP contribution in [0, 0.1) is 5.41 Å². The Hall–Kier alpha value is -0.610. The summed E-state index contributed by atoms with van der Waals surface area (Å²) in [5, 5.41) is 8.21. The maximum Gasteiger partial charge on any atom is 0.196 e. The molecule has 1 heterocycles. The van der Waals surface area contributed by atoms with Gasteiger partial charge in [0.25, 0.3) is 0 Å². The van der Waals surface area contributed by atoms with Crippen molar-refractivity contribution >= 4 is 29.4 Å². The van der Waals surface area contributed by atoms with Crippen molar-refractivity contribution in [2.75, 3.05) is 13.2 Å². The molecule has 0 unspecified atom stereocenters. The van der Waals surface area contributed by atoms with Gasteiger partial charge in [-0.05, 0) is 31.2 Å². The van der Waals surface area contributed by atoms with E-state index in [0.717, 1.165) is 12.0 Å². The molecule has 3 nitrogen and oxygen atoms in total. The third kappa shape index (κ3) is 2.86. The van der Waals surface area contributed by atoms with Gasteiger partial charge in [-0.1, -0.05) is 29.3 Å². The monoisotopic (exact) mass is 287 g/mol. The standard InChI is InChI=1S/C13H15Cl2NO2/c14-10-3-4-11(12(15)9-10)13(5-1-2-6-16)17-7-8-18-13/h3-4,6,9,16H,1-2,5,7-8H2. The fourth-order valence-electron chi connectivity index (χ4n) is 2.12. The summed E-state index contributed by atoms with van der Waals surface area (Å²) >= 11 is 12.1. The number of ether oxygens (including phenoxy) is 2. The first kappa shape index (κ1) is 13.8. The van der Waals surface area contributed by atoms with Crippen molar-refractivity contribution in [1.29, 1.82) is 5.41 Å². The molecule has 1 saturated heterocycles. The average Bonchev–Trinajstić information content (AvgIpc) is 2.79. The van der Waals surface area contributed by atoms with Crippen LogP contribution in [0.1, 0.15) is 24.8 Å². The van der Waals surface area contributed by atoms with Crippen LogP contribution in [0.25, 0.3) is 0 Å². The van der Waals surface area contributed by atoms with Gasteiger partial charge in [-0.15, -0.1) is 0 Å². The smallest absolute Gasteiger partial charge is 0.196 e. The van der Waals surface area contributed by atoms with E-state index in [1.165, 1.54) is 6.21 Å². The van der Waals surface area contributed by atoms with Crippen LogP contribution >= 0.6 is 23.2 Å².